The first kappa shape index (κ1) is 16.1. The maximum absolute atomic E-state index is 9.89. The zero-order valence-electron chi connectivity index (χ0n) is 11.3. The highest BCUT2D eigenvalue weighted by Crippen LogP contribution is 2.30. The maximum Gasteiger partial charge on any atom is 0.123 e. The Hall–Kier alpha value is -2.00. The van der Waals surface area contributed by atoms with E-state index < -0.39 is 0 Å². The second-order valence-corrected chi connectivity index (χ2v) is 4.38. The van der Waals surface area contributed by atoms with E-state index in [0.29, 0.717) is 12.0 Å². The quantitative estimate of drug-likeness (QED) is 0.894. The minimum Gasteiger partial charge on any atom is -0.508 e. The predicted octanol–water partition coefficient (Wildman–Crippen LogP) is 4.04. The van der Waals surface area contributed by atoms with Crippen molar-refractivity contribution in [1.29, 1.82) is 0 Å². The largest absolute Gasteiger partial charge is 0.508 e. The van der Waals surface area contributed by atoms with Crippen LogP contribution < -0.4 is 0 Å². The number of rotatable bonds is 4. The normalized spacial score (nSPS) is 10.4. The molecule has 0 amide bonds. The molecule has 0 radical (unpaired) electrons. The van der Waals surface area contributed by atoms with Crippen molar-refractivity contribution >= 4 is 24.6 Å². The molecule has 0 aliphatic rings. The number of phenolic OH excluding ortho intramolecular Hbond substituents is 2. The van der Waals surface area contributed by atoms with Gasteiger partial charge in [-0.25, -0.2) is 0 Å². The number of pyridine rings is 1. The number of aromatic hydroxyl groups is 2. The molecule has 0 aliphatic heterocycles. The van der Waals surface area contributed by atoms with E-state index in [1.54, 1.807) is 18.3 Å². The molecule has 2 rings (SSSR count). The van der Waals surface area contributed by atoms with Gasteiger partial charge in [0.1, 0.15) is 11.5 Å². The summed E-state index contributed by atoms with van der Waals surface area (Å²) in [6, 6.07) is 8.97. The van der Waals surface area contributed by atoms with E-state index in [-0.39, 0.29) is 23.9 Å². The van der Waals surface area contributed by atoms with Crippen molar-refractivity contribution < 1.29 is 10.2 Å². The van der Waals surface area contributed by atoms with Crippen LogP contribution in [0.1, 0.15) is 30.2 Å². The summed E-state index contributed by atoms with van der Waals surface area (Å²) in [6.45, 7) is 2.01. The minimum absolute atomic E-state index is 0. The van der Waals surface area contributed by atoms with Gasteiger partial charge >= 0.3 is 0 Å². The molecular formula is C16H18ClNO2. The summed E-state index contributed by atoms with van der Waals surface area (Å²) in [7, 11) is 0. The van der Waals surface area contributed by atoms with Gasteiger partial charge in [-0.1, -0.05) is 25.5 Å². The Morgan fingerprint density at radius 1 is 1.10 bits per heavy atom. The molecule has 0 fully saturated rings. The van der Waals surface area contributed by atoms with Crippen LogP contribution >= 0.6 is 12.4 Å². The lowest BCUT2D eigenvalue weighted by molar-refractivity contribution is 0.437. The summed E-state index contributed by atoms with van der Waals surface area (Å²) in [5, 5.41) is 19.8. The Morgan fingerprint density at radius 3 is 2.35 bits per heavy atom. The van der Waals surface area contributed by atoms with Gasteiger partial charge in [0.15, 0.2) is 0 Å². The molecule has 0 saturated heterocycles. The van der Waals surface area contributed by atoms with E-state index in [2.05, 4.69) is 4.98 Å². The highest BCUT2D eigenvalue weighted by molar-refractivity contribution is 5.85. The Kier molecular flexibility index (Phi) is 6.07. The SMILES string of the molecule is CCCc1c(O)cc(C=Cc2ccccn2)cc1O.Cl. The monoisotopic (exact) mass is 291 g/mol. The minimum atomic E-state index is 0. The molecule has 1 aromatic heterocycles. The van der Waals surface area contributed by atoms with Crippen LogP contribution in [0.25, 0.3) is 12.2 Å². The molecule has 3 nitrogen and oxygen atoms in total. The van der Waals surface area contributed by atoms with Gasteiger partial charge in [0.2, 0.25) is 0 Å². The van der Waals surface area contributed by atoms with E-state index in [1.165, 1.54) is 0 Å². The highest BCUT2D eigenvalue weighted by atomic mass is 35.5. The van der Waals surface area contributed by atoms with Gasteiger partial charge in [-0.3, -0.25) is 4.98 Å². The van der Waals surface area contributed by atoms with E-state index in [0.717, 1.165) is 17.7 Å². The van der Waals surface area contributed by atoms with Crippen molar-refractivity contribution in [2.45, 2.75) is 19.8 Å². The number of nitrogens with zero attached hydrogens (tertiary/aromatic N) is 1. The van der Waals surface area contributed by atoms with Gasteiger partial charge in [0.05, 0.1) is 5.69 Å². The first-order valence-corrected chi connectivity index (χ1v) is 6.34. The first-order chi connectivity index (χ1) is 9.20. The molecule has 2 N–H and O–H groups in total. The molecule has 1 heterocycles. The molecule has 1 aromatic carbocycles. The molecule has 0 atom stereocenters. The van der Waals surface area contributed by atoms with Crippen LogP contribution in [0.15, 0.2) is 36.5 Å². The van der Waals surface area contributed by atoms with Crippen LogP contribution in [0.4, 0.5) is 0 Å². The topological polar surface area (TPSA) is 53.4 Å². The third-order valence-electron chi connectivity index (χ3n) is 2.86. The van der Waals surface area contributed by atoms with E-state index in [9.17, 15) is 10.2 Å². The summed E-state index contributed by atoms with van der Waals surface area (Å²) in [5.74, 6) is 0.282. The zero-order valence-corrected chi connectivity index (χ0v) is 12.1. The smallest absolute Gasteiger partial charge is 0.123 e. The lowest BCUT2D eigenvalue weighted by atomic mass is 10.0. The van der Waals surface area contributed by atoms with Gasteiger partial charge in [0, 0.05) is 11.8 Å². The second kappa shape index (κ2) is 7.56. The fraction of sp³-hybridized carbons (Fsp3) is 0.188. The molecule has 2 aromatic rings. The third-order valence-corrected chi connectivity index (χ3v) is 2.86. The fourth-order valence-corrected chi connectivity index (χ4v) is 1.92. The van der Waals surface area contributed by atoms with Gasteiger partial charge < -0.3 is 10.2 Å². The summed E-state index contributed by atoms with van der Waals surface area (Å²) in [6.07, 6.45) is 6.93. The lowest BCUT2D eigenvalue weighted by Gasteiger charge is -2.07. The Morgan fingerprint density at radius 2 is 1.80 bits per heavy atom. The number of hydrogen-bond donors (Lipinski definition) is 2. The molecule has 0 bridgehead atoms. The summed E-state index contributed by atoms with van der Waals surface area (Å²) >= 11 is 0. The molecule has 0 spiro atoms. The predicted molar refractivity (Wildman–Crippen MR) is 84.2 cm³/mol. The summed E-state index contributed by atoms with van der Waals surface area (Å²) in [4.78, 5) is 4.17. The van der Waals surface area contributed by atoms with Crippen LogP contribution in [0, 0.1) is 0 Å². The standard InChI is InChI=1S/C16H17NO2.ClH/c1-2-5-14-15(18)10-12(11-16(14)19)7-8-13-6-3-4-9-17-13;/h3-4,6-11,18-19H,2,5H2,1H3;1H. The van der Waals surface area contributed by atoms with Crippen molar-refractivity contribution in [2.24, 2.45) is 0 Å². The Balaban J connectivity index is 0.00000200. The van der Waals surface area contributed by atoms with Crippen molar-refractivity contribution in [3.8, 4) is 11.5 Å². The molecule has 20 heavy (non-hydrogen) atoms. The van der Waals surface area contributed by atoms with Crippen LogP contribution in [0.2, 0.25) is 0 Å². The third kappa shape index (κ3) is 4.00. The second-order valence-electron chi connectivity index (χ2n) is 4.38. The Labute approximate surface area is 125 Å². The summed E-state index contributed by atoms with van der Waals surface area (Å²) < 4.78 is 0. The Bertz CT molecular complexity index is 559. The van der Waals surface area contributed by atoms with Gasteiger partial charge in [0.25, 0.3) is 0 Å². The van der Waals surface area contributed by atoms with E-state index in [4.69, 9.17) is 0 Å². The van der Waals surface area contributed by atoms with Crippen molar-refractivity contribution in [3.63, 3.8) is 0 Å². The van der Waals surface area contributed by atoms with Crippen molar-refractivity contribution in [2.75, 3.05) is 0 Å². The molecular weight excluding hydrogens is 274 g/mol. The molecule has 4 heteroatoms. The van der Waals surface area contributed by atoms with E-state index >= 15 is 0 Å². The fourth-order valence-electron chi connectivity index (χ4n) is 1.92. The molecule has 106 valence electrons. The summed E-state index contributed by atoms with van der Waals surface area (Å²) in [5.41, 5.74) is 2.19. The van der Waals surface area contributed by atoms with Gasteiger partial charge in [-0.05, 0) is 42.3 Å². The molecule has 0 unspecified atom stereocenters. The van der Waals surface area contributed by atoms with Crippen LogP contribution in [-0.2, 0) is 6.42 Å². The first-order valence-electron chi connectivity index (χ1n) is 6.34. The van der Waals surface area contributed by atoms with Crippen LogP contribution in [0.5, 0.6) is 11.5 Å². The maximum atomic E-state index is 9.89. The van der Waals surface area contributed by atoms with Crippen LogP contribution in [-0.4, -0.2) is 15.2 Å². The van der Waals surface area contributed by atoms with Crippen molar-refractivity contribution in [1.82, 2.24) is 4.98 Å². The van der Waals surface area contributed by atoms with Gasteiger partial charge in [-0.15, -0.1) is 12.4 Å². The number of benzene rings is 1. The van der Waals surface area contributed by atoms with E-state index in [1.807, 2.05) is 37.3 Å². The molecule has 0 saturated carbocycles. The molecule has 0 aliphatic carbocycles. The lowest BCUT2D eigenvalue weighted by Crippen LogP contribution is -1.87. The number of aromatic nitrogens is 1. The van der Waals surface area contributed by atoms with Crippen molar-refractivity contribution in [3.05, 3.63) is 53.3 Å². The highest BCUT2D eigenvalue weighted by Gasteiger charge is 2.07. The van der Waals surface area contributed by atoms with Gasteiger partial charge in [-0.2, -0.15) is 0 Å². The average molecular weight is 292 g/mol. The van der Waals surface area contributed by atoms with Crippen LogP contribution in [0.3, 0.4) is 0 Å². The number of hydrogen-bond acceptors (Lipinski definition) is 3. The zero-order chi connectivity index (χ0) is 13.7. The average Bonchev–Trinajstić information content (AvgIpc) is 2.42. The number of halogens is 1. The number of phenols is 2.